The Bertz CT molecular complexity index is 1460. The summed E-state index contributed by atoms with van der Waals surface area (Å²) in [6.45, 7) is 9.40. The molecule has 2 aromatic rings. The minimum Gasteiger partial charge on any atom is -0.393 e. The van der Waals surface area contributed by atoms with Crippen LogP contribution in [0.1, 0.15) is 102 Å². The van der Waals surface area contributed by atoms with E-state index >= 15 is 0 Å². The number of carbonyl (C=O) groups is 1. The summed E-state index contributed by atoms with van der Waals surface area (Å²) in [5, 5.41) is 26.1. The van der Waals surface area contributed by atoms with Gasteiger partial charge in [-0.25, -0.2) is 9.97 Å². The number of nitrogens with one attached hydrogen (secondary N) is 1. The minimum absolute atomic E-state index is 0.190. The van der Waals surface area contributed by atoms with Crippen molar-refractivity contribution in [2.24, 2.45) is 46.3 Å². The molecule has 3 N–H and O–H groups in total. The third kappa shape index (κ3) is 6.23. The maximum Gasteiger partial charge on any atom is 0.222 e. The second kappa shape index (κ2) is 13.2. The van der Waals surface area contributed by atoms with Crippen LogP contribution in [0.3, 0.4) is 0 Å². The summed E-state index contributed by atoms with van der Waals surface area (Å²) < 4.78 is 0. The summed E-state index contributed by atoms with van der Waals surface area (Å²) in [6.07, 6.45) is 13.1. The van der Waals surface area contributed by atoms with Crippen molar-refractivity contribution in [3.63, 3.8) is 0 Å². The first-order chi connectivity index (χ1) is 22.6. The molecule has 1 aromatic heterocycles. The Morgan fingerprint density at radius 1 is 1.09 bits per heavy atom. The molecule has 0 spiro atoms. The van der Waals surface area contributed by atoms with Crippen LogP contribution in [0.4, 0.5) is 5.95 Å². The summed E-state index contributed by atoms with van der Waals surface area (Å²) in [4.78, 5) is 24.8. The van der Waals surface area contributed by atoms with E-state index in [-0.39, 0.29) is 28.9 Å². The Morgan fingerprint density at radius 2 is 1.87 bits per heavy atom. The zero-order valence-corrected chi connectivity index (χ0v) is 29.4. The third-order valence-electron chi connectivity index (χ3n) is 14.2. The second-order valence-electron chi connectivity index (χ2n) is 16.5. The standard InChI is InChI=1S/C39H55ClN4O3/c1-24(29-9-10-30-36-31(13-17-39(29,30)3)38(2)16-12-28(45)20-27(38)21-34(36)46)8-11-35(47)44-19-15-33-26(23-44)22-42-37(43-33)41-18-14-25-6-4-5-7-32(25)40/h4-7,22,24,27-31,34,36,45-46H,8-21,23H2,1-3H3,(H,41,42,43)/t24-,27+,28-,29-,30+,31+,34+,36+,38+,39-/m1/s1. The highest BCUT2D eigenvalue weighted by Crippen LogP contribution is 2.68. The normalized spacial score (nSPS) is 36.9. The second-order valence-corrected chi connectivity index (χ2v) is 16.9. The van der Waals surface area contributed by atoms with Crippen LogP contribution in [0.15, 0.2) is 30.5 Å². The number of hydrogen-bond donors (Lipinski definition) is 3. The summed E-state index contributed by atoms with van der Waals surface area (Å²) in [5.41, 5.74) is 3.69. The molecule has 0 radical (unpaired) electrons. The molecule has 1 aliphatic heterocycles. The maximum absolute atomic E-state index is 13.5. The molecule has 7 rings (SSSR count). The van der Waals surface area contributed by atoms with Crippen LogP contribution in [0, 0.1) is 46.3 Å². The van der Waals surface area contributed by atoms with Crippen LogP contribution >= 0.6 is 11.6 Å². The summed E-state index contributed by atoms with van der Waals surface area (Å²) in [6, 6.07) is 7.90. The highest BCUT2D eigenvalue weighted by atomic mass is 35.5. The van der Waals surface area contributed by atoms with Gasteiger partial charge in [-0.2, -0.15) is 0 Å². The number of anilines is 1. The lowest BCUT2D eigenvalue weighted by Gasteiger charge is -2.62. The summed E-state index contributed by atoms with van der Waals surface area (Å²) in [5.74, 6) is 3.94. The van der Waals surface area contributed by atoms with Crippen molar-refractivity contribution in [3.05, 3.63) is 52.3 Å². The van der Waals surface area contributed by atoms with E-state index in [9.17, 15) is 15.0 Å². The monoisotopic (exact) mass is 662 g/mol. The van der Waals surface area contributed by atoms with Crippen molar-refractivity contribution in [3.8, 4) is 0 Å². The van der Waals surface area contributed by atoms with Crippen LogP contribution in [-0.2, 0) is 24.2 Å². The van der Waals surface area contributed by atoms with Crippen molar-refractivity contribution >= 4 is 23.5 Å². The van der Waals surface area contributed by atoms with Crippen molar-refractivity contribution < 1.29 is 15.0 Å². The molecule has 2 heterocycles. The highest BCUT2D eigenvalue weighted by Gasteiger charge is 2.62. The molecule has 256 valence electrons. The SMILES string of the molecule is C[C@H](CCC(=O)N1CCc2nc(NCCc3ccccc3Cl)ncc2C1)[C@H]1CC[C@H]2[C@@H]3[C@@H](O)C[C@@H]4C[C@H](O)CC[C@]4(C)[C@H]3CC[C@]12C. The highest BCUT2D eigenvalue weighted by molar-refractivity contribution is 6.31. The van der Waals surface area contributed by atoms with Gasteiger partial charge < -0.3 is 20.4 Å². The average molecular weight is 663 g/mol. The van der Waals surface area contributed by atoms with Crippen LogP contribution < -0.4 is 5.32 Å². The van der Waals surface area contributed by atoms with Gasteiger partial charge in [-0.05, 0) is 122 Å². The van der Waals surface area contributed by atoms with Gasteiger partial charge in [0.05, 0.1) is 17.9 Å². The summed E-state index contributed by atoms with van der Waals surface area (Å²) >= 11 is 6.29. The molecule has 10 atom stereocenters. The number of carbonyl (C=O) groups excluding carboxylic acids is 1. The molecule has 7 nitrogen and oxygen atoms in total. The quantitative estimate of drug-likeness (QED) is 0.280. The van der Waals surface area contributed by atoms with Gasteiger partial charge in [0.2, 0.25) is 11.9 Å². The first-order valence-corrected chi connectivity index (χ1v) is 18.9. The molecule has 47 heavy (non-hydrogen) atoms. The van der Waals surface area contributed by atoms with Crippen LogP contribution in [0.5, 0.6) is 0 Å². The number of aliphatic hydroxyl groups excluding tert-OH is 2. The van der Waals surface area contributed by atoms with Gasteiger partial charge >= 0.3 is 0 Å². The Labute approximate surface area is 286 Å². The lowest BCUT2D eigenvalue weighted by Crippen LogP contribution is -2.58. The number of amides is 1. The number of benzene rings is 1. The molecule has 0 unspecified atom stereocenters. The van der Waals surface area contributed by atoms with E-state index in [1.165, 1.54) is 25.7 Å². The molecule has 5 aliphatic rings. The molecule has 4 saturated carbocycles. The van der Waals surface area contributed by atoms with Crippen molar-refractivity contribution in [2.75, 3.05) is 18.4 Å². The van der Waals surface area contributed by atoms with E-state index < -0.39 is 0 Å². The number of nitrogens with zero attached hydrogens (tertiary/aromatic N) is 3. The van der Waals surface area contributed by atoms with Crippen LogP contribution in [-0.4, -0.2) is 56.3 Å². The fraction of sp³-hybridized carbons (Fsp3) is 0.718. The smallest absolute Gasteiger partial charge is 0.222 e. The largest absolute Gasteiger partial charge is 0.393 e. The number of aliphatic hydroxyl groups is 2. The lowest BCUT2D eigenvalue weighted by atomic mass is 9.43. The van der Waals surface area contributed by atoms with Crippen molar-refractivity contribution in [2.45, 2.75) is 117 Å². The molecule has 0 saturated heterocycles. The van der Waals surface area contributed by atoms with Crippen molar-refractivity contribution in [1.29, 1.82) is 0 Å². The number of halogens is 1. The van der Waals surface area contributed by atoms with Crippen molar-refractivity contribution in [1.82, 2.24) is 14.9 Å². The fourth-order valence-electron chi connectivity index (χ4n) is 11.5. The van der Waals surface area contributed by atoms with E-state index in [4.69, 9.17) is 16.6 Å². The topological polar surface area (TPSA) is 98.6 Å². The molecule has 4 fully saturated rings. The van der Waals surface area contributed by atoms with E-state index in [1.807, 2.05) is 35.4 Å². The molecular weight excluding hydrogens is 608 g/mol. The van der Waals surface area contributed by atoms with Gasteiger partial charge in [0.1, 0.15) is 0 Å². The molecule has 1 amide bonds. The first kappa shape index (κ1) is 33.3. The molecule has 1 aromatic carbocycles. The predicted molar refractivity (Wildman–Crippen MR) is 186 cm³/mol. The Morgan fingerprint density at radius 3 is 2.70 bits per heavy atom. The van der Waals surface area contributed by atoms with Gasteiger partial charge in [-0.1, -0.05) is 50.6 Å². The number of aromatic nitrogens is 2. The number of hydrogen-bond acceptors (Lipinski definition) is 6. The average Bonchev–Trinajstić information content (AvgIpc) is 3.42. The zero-order chi connectivity index (χ0) is 32.9. The van der Waals surface area contributed by atoms with E-state index in [0.717, 1.165) is 66.8 Å². The summed E-state index contributed by atoms with van der Waals surface area (Å²) in [7, 11) is 0. The molecule has 8 heteroatoms. The first-order valence-electron chi connectivity index (χ1n) is 18.5. The van der Waals surface area contributed by atoms with Gasteiger partial charge in [0.25, 0.3) is 0 Å². The number of fused-ring (bicyclic) bond motifs is 6. The minimum atomic E-state index is -0.241. The molecular formula is C39H55ClN4O3. The fourth-order valence-corrected chi connectivity index (χ4v) is 11.7. The van der Waals surface area contributed by atoms with Gasteiger partial charge in [-0.3, -0.25) is 4.79 Å². The van der Waals surface area contributed by atoms with E-state index in [2.05, 4.69) is 31.1 Å². The molecule has 0 bridgehead atoms. The van der Waals surface area contributed by atoms with E-state index in [1.54, 1.807) is 0 Å². The Kier molecular flexibility index (Phi) is 9.38. The van der Waals surface area contributed by atoms with Gasteiger partial charge in [-0.15, -0.1) is 0 Å². The van der Waals surface area contributed by atoms with Gasteiger partial charge in [0, 0.05) is 49.3 Å². The van der Waals surface area contributed by atoms with Crippen LogP contribution in [0.2, 0.25) is 5.02 Å². The number of rotatable bonds is 8. The van der Waals surface area contributed by atoms with Crippen LogP contribution in [0.25, 0.3) is 0 Å². The predicted octanol–water partition coefficient (Wildman–Crippen LogP) is 7.08. The van der Waals surface area contributed by atoms with Gasteiger partial charge in [0.15, 0.2) is 0 Å². The molecule has 4 aliphatic carbocycles. The lowest BCUT2D eigenvalue weighted by molar-refractivity contribution is -0.174. The zero-order valence-electron chi connectivity index (χ0n) is 28.6. The Hall–Kier alpha value is -2.22. The Balaban J connectivity index is 0.920. The van der Waals surface area contributed by atoms with E-state index in [0.29, 0.717) is 67.5 Å². The maximum atomic E-state index is 13.5. The third-order valence-corrected chi connectivity index (χ3v) is 14.5.